The molecule has 0 aliphatic heterocycles. The molecule has 4 nitrogen and oxygen atoms in total. The van der Waals surface area contributed by atoms with E-state index in [1.54, 1.807) is 7.11 Å². The van der Waals surface area contributed by atoms with Crippen LogP contribution in [0.1, 0.15) is 30.9 Å². The van der Waals surface area contributed by atoms with Crippen LogP contribution >= 0.6 is 0 Å². The second-order valence-corrected chi connectivity index (χ2v) is 6.44. The third-order valence-electron chi connectivity index (χ3n) is 4.25. The van der Waals surface area contributed by atoms with E-state index < -0.39 is 5.97 Å². The van der Waals surface area contributed by atoms with Crippen LogP contribution in [0.3, 0.4) is 0 Å². The molecule has 2 atom stereocenters. The van der Waals surface area contributed by atoms with Crippen LogP contribution in [0.5, 0.6) is 5.75 Å². The van der Waals surface area contributed by atoms with Crippen molar-refractivity contribution in [2.24, 2.45) is 0 Å². The van der Waals surface area contributed by atoms with Crippen LogP contribution < -0.4 is 10.1 Å². The number of rotatable bonds is 10. The lowest BCUT2D eigenvalue weighted by atomic mass is 9.99. The average Bonchev–Trinajstić information content (AvgIpc) is 2.61. The maximum Gasteiger partial charge on any atom is 0.303 e. The van der Waals surface area contributed by atoms with Gasteiger partial charge in [-0.05, 0) is 49.4 Å². The molecule has 0 fully saturated rings. The highest BCUT2D eigenvalue weighted by atomic mass is 16.5. The van der Waals surface area contributed by atoms with E-state index >= 15 is 0 Å². The largest absolute Gasteiger partial charge is 0.497 e. The van der Waals surface area contributed by atoms with Crippen molar-refractivity contribution in [2.75, 3.05) is 7.11 Å². The molecule has 0 amide bonds. The monoisotopic (exact) mass is 341 g/mol. The molecular formula is C21H27NO3. The van der Waals surface area contributed by atoms with Crippen molar-refractivity contribution in [3.63, 3.8) is 0 Å². The Labute approximate surface area is 149 Å². The predicted octanol–water partition coefficient (Wildman–Crippen LogP) is 3.69. The summed E-state index contributed by atoms with van der Waals surface area (Å²) in [6.45, 7) is 2.14. The zero-order valence-electron chi connectivity index (χ0n) is 14.9. The average molecular weight is 341 g/mol. The maximum atomic E-state index is 11.0. The summed E-state index contributed by atoms with van der Waals surface area (Å²) >= 11 is 0. The topological polar surface area (TPSA) is 58.6 Å². The number of aliphatic carboxylic acids is 1. The molecule has 2 rings (SSSR count). The highest BCUT2D eigenvalue weighted by Crippen LogP contribution is 2.14. The van der Waals surface area contributed by atoms with Crippen LogP contribution in [0.15, 0.2) is 54.6 Å². The molecule has 0 saturated heterocycles. The summed E-state index contributed by atoms with van der Waals surface area (Å²) in [6.07, 6.45) is 2.53. The maximum absolute atomic E-state index is 11.0. The molecule has 2 aromatic carbocycles. The minimum atomic E-state index is -0.748. The zero-order chi connectivity index (χ0) is 18.1. The molecule has 2 unspecified atom stereocenters. The molecule has 2 N–H and O–H groups in total. The third-order valence-corrected chi connectivity index (χ3v) is 4.25. The first-order valence-corrected chi connectivity index (χ1v) is 8.71. The van der Waals surface area contributed by atoms with E-state index in [4.69, 9.17) is 9.84 Å². The Bertz CT molecular complexity index is 640. The fraction of sp³-hybridized carbons (Fsp3) is 0.381. The first-order chi connectivity index (χ1) is 12.1. The second-order valence-electron chi connectivity index (χ2n) is 6.44. The lowest BCUT2D eigenvalue weighted by Crippen LogP contribution is -2.39. The number of carbonyl (C=O) groups is 1. The highest BCUT2D eigenvalue weighted by molar-refractivity contribution is 5.66. The molecule has 2 aromatic rings. The standard InChI is InChI=1S/C21H27NO3/c1-16(14-18-8-11-20(25-2)12-9-18)22-19(10-13-21(23)24)15-17-6-4-3-5-7-17/h3-9,11-12,16,19,22H,10,13-15H2,1-2H3,(H,23,24). The summed E-state index contributed by atoms with van der Waals surface area (Å²) < 4.78 is 5.19. The quantitative estimate of drug-likeness (QED) is 0.692. The minimum Gasteiger partial charge on any atom is -0.497 e. The van der Waals surface area contributed by atoms with Crippen molar-refractivity contribution >= 4 is 5.97 Å². The van der Waals surface area contributed by atoms with Crippen molar-refractivity contribution in [2.45, 2.75) is 44.7 Å². The lowest BCUT2D eigenvalue weighted by molar-refractivity contribution is -0.137. The smallest absolute Gasteiger partial charge is 0.303 e. The number of methoxy groups -OCH3 is 1. The number of benzene rings is 2. The number of carboxylic acids is 1. The minimum absolute atomic E-state index is 0.145. The van der Waals surface area contributed by atoms with Crippen LogP contribution in [0.25, 0.3) is 0 Å². The third kappa shape index (κ3) is 6.98. The van der Waals surface area contributed by atoms with Gasteiger partial charge in [-0.3, -0.25) is 4.79 Å². The first-order valence-electron chi connectivity index (χ1n) is 8.71. The van der Waals surface area contributed by atoms with E-state index in [0.717, 1.165) is 18.6 Å². The molecule has 0 bridgehead atoms. The molecular weight excluding hydrogens is 314 g/mol. The second kappa shape index (κ2) is 9.84. The van der Waals surface area contributed by atoms with E-state index in [2.05, 4.69) is 36.5 Å². The fourth-order valence-corrected chi connectivity index (χ4v) is 3.02. The SMILES string of the molecule is COc1ccc(CC(C)NC(CCC(=O)O)Cc2ccccc2)cc1. The molecule has 0 heterocycles. The van der Waals surface area contributed by atoms with Gasteiger partial charge in [-0.25, -0.2) is 0 Å². The van der Waals surface area contributed by atoms with Gasteiger partial charge in [0.25, 0.3) is 0 Å². The van der Waals surface area contributed by atoms with Gasteiger partial charge in [-0.15, -0.1) is 0 Å². The Balaban J connectivity index is 1.94. The molecule has 0 saturated carbocycles. The summed E-state index contributed by atoms with van der Waals surface area (Å²) in [7, 11) is 1.66. The lowest BCUT2D eigenvalue weighted by Gasteiger charge is -2.23. The molecule has 0 aromatic heterocycles. The van der Waals surface area contributed by atoms with Gasteiger partial charge in [-0.1, -0.05) is 42.5 Å². The predicted molar refractivity (Wildman–Crippen MR) is 100 cm³/mol. The Hall–Kier alpha value is -2.33. The summed E-state index contributed by atoms with van der Waals surface area (Å²) in [4.78, 5) is 11.0. The van der Waals surface area contributed by atoms with Crippen molar-refractivity contribution in [3.8, 4) is 5.75 Å². The Kier molecular flexibility index (Phi) is 7.48. The van der Waals surface area contributed by atoms with Gasteiger partial charge in [0.1, 0.15) is 5.75 Å². The van der Waals surface area contributed by atoms with Gasteiger partial charge in [-0.2, -0.15) is 0 Å². The Morgan fingerprint density at radius 1 is 1.04 bits per heavy atom. The molecule has 4 heteroatoms. The molecule has 0 radical (unpaired) electrons. The highest BCUT2D eigenvalue weighted by Gasteiger charge is 2.15. The van der Waals surface area contributed by atoms with Gasteiger partial charge >= 0.3 is 5.97 Å². The van der Waals surface area contributed by atoms with E-state index in [1.807, 2.05) is 30.3 Å². The van der Waals surface area contributed by atoms with Crippen molar-refractivity contribution in [1.82, 2.24) is 5.32 Å². The number of ether oxygens (including phenoxy) is 1. The summed E-state index contributed by atoms with van der Waals surface area (Å²) in [5.74, 6) is 0.107. The summed E-state index contributed by atoms with van der Waals surface area (Å²) in [5.41, 5.74) is 2.46. The first kappa shape index (κ1) is 19.0. The number of hydrogen-bond donors (Lipinski definition) is 2. The van der Waals surface area contributed by atoms with Gasteiger partial charge in [0.15, 0.2) is 0 Å². The van der Waals surface area contributed by atoms with Gasteiger partial charge in [0, 0.05) is 18.5 Å². The van der Waals surface area contributed by atoms with Crippen LogP contribution in [-0.4, -0.2) is 30.3 Å². The summed E-state index contributed by atoms with van der Waals surface area (Å²) in [6, 6.07) is 18.7. The van der Waals surface area contributed by atoms with Gasteiger partial charge < -0.3 is 15.2 Å². The zero-order valence-corrected chi connectivity index (χ0v) is 14.9. The van der Waals surface area contributed by atoms with Gasteiger partial charge in [0.05, 0.1) is 7.11 Å². The van der Waals surface area contributed by atoms with E-state index in [0.29, 0.717) is 6.42 Å². The molecule has 25 heavy (non-hydrogen) atoms. The van der Waals surface area contributed by atoms with Crippen LogP contribution in [0.2, 0.25) is 0 Å². The van der Waals surface area contributed by atoms with E-state index in [9.17, 15) is 4.79 Å². The van der Waals surface area contributed by atoms with Crippen LogP contribution in [0, 0.1) is 0 Å². The Morgan fingerprint density at radius 2 is 1.68 bits per heavy atom. The number of carboxylic acid groups (broad SMARTS) is 1. The molecule has 134 valence electrons. The molecule has 0 spiro atoms. The van der Waals surface area contributed by atoms with Crippen molar-refractivity contribution in [3.05, 3.63) is 65.7 Å². The molecule has 0 aliphatic carbocycles. The molecule has 0 aliphatic rings. The van der Waals surface area contributed by atoms with Crippen molar-refractivity contribution < 1.29 is 14.6 Å². The number of hydrogen-bond acceptors (Lipinski definition) is 3. The van der Waals surface area contributed by atoms with E-state index in [1.165, 1.54) is 11.1 Å². The normalized spacial score (nSPS) is 13.2. The van der Waals surface area contributed by atoms with Crippen LogP contribution in [0.4, 0.5) is 0 Å². The Morgan fingerprint density at radius 3 is 2.28 bits per heavy atom. The number of nitrogens with one attached hydrogen (secondary N) is 1. The summed E-state index contributed by atoms with van der Waals surface area (Å²) in [5, 5.41) is 12.6. The van der Waals surface area contributed by atoms with E-state index in [-0.39, 0.29) is 18.5 Å². The van der Waals surface area contributed by atoms with Crippen molar-refractivity contribution in [1.29, 1.82) is 0 Å². The van der Waals surface area contributed by atoms with Gasteiger partial charge in [0.2, 0.25) is 0 Å². The van der Waals surface area contributed by atoms with Crippen LogP contribution in [-0.2, 0) is 17.6 Å². The fourth-order valence-electron chi connectivity index (χ4n) is 3.02.